The maximum absolute atomic E-state index is 13.2. The van der Waals surface area contributed by atoms with Crippen molar-refractivity contribution in [2.75, 3.05) is 6.54 Å². The van der Waals surface area contributed by atoms with Crippen molar-refractivity contribution in [2.45, 2.75) is 12.8 Å². The van der Waals surface area contributed by atoms with Crippen LogP contribution in [-0.4, -0.2) is 11.7 Å². The number of phenols is 1. The van der Waals surface area contributed by atoms with E-state index >= 15 is 0 Å². The summed E-state index contributed by atoms with van der Waals surface area (Å²) in [6.45, 7) is 2.14. The maximum Gasteiger partial charge on any atom is 0.137 e. The van der Waals surface area contributed by atoms with Crippen LogP contribution in [0.1, 0.15) is 18.4 Å². The van der Waals surface area contributed by atoms with Crippen LogP contribution in [0, 0.1) is 5.82 Å². The molecule has 0 saturated carbocycles. The molecular formula is C9H11ClFNO. The van der Waals surface area contributed by atoms with E-state index < -0.39 is 5.82 Å². The molecule has 4 heteroatoms. The molecular weight excluding hydrogens is 193 g/mol. The van der Waals surface area contributed by atoms with Crippen LogP contribution in [0.25, 0.3) is 0 Å². The lowest BCUT2D eigenvalue weighted by molar-refractivity contribution is 0.467. The van der Waals surface area contributed by atoms with E-state index in [0.29, 0.717) is 12.1 Å². The third-order valence-electron chi connectivity index (χ3n) is 1.95. The third-order valence-corrected chi connectivity index (χ3v) is 2.25. The first-order valence-corrected chi connectivity index (χ1v) is 4.32. The number of benzene rings is 1. The molecule has 0 saturated heterocycles. The summed E-state index contributed by atoms with van der Waals surface area (Å²) in [5.41, 5.74) is 5.82. The van der Waals surface area contributed by atoms with Gasteiger partial charge < -0.3 is 10.8 Å². The van der Waals surface area contributed by atoms with Gasteiger partial charge in [-0.05, 0) is 24.1 Å². The normalized spacial score (nSPS) is 12.9. The fourth-order valence-corrected chi connectivity index (χ4v) is 1.23. The molecule has 0 aliphatic heterocycles. The van der Waals surface area contributed by atoms with Gasteiger partial charge in [0.25, 0.3) is 0 Å². The zero-order valence-corrected chi connectivity index (χ0v) is 7.98. The molecule has 0 radical (unpaired) electrons. The van der Waals surface area contributed by atoms with Crippen LogP contribution in [0.5, 0.6) is 5.75 Å². The van der Waals surface area contributed by atoms with E-state index in [0.717, 1.165) is 6.07 Å². The summed E-state index contributed by atoms with van der Waals surface area (Å²) in [5, 5.41) is 9.23. The summed E-state index contributed by atoms with van der Waals surface area (Å²) in [4.78, 5) is 0. The minimum absolute atomic E-state index is 0.0990. The number of halogens is 2. The average Bonchev–Trinajstić information content (AvgIpc) is 2.10. The summed E-state index contributed by atoms with van der Waals surface area (Å²) in [6.07, 6.45) is 0. The molecule has 3 N–H and O–H groups in total. The highest BCUT2D eigenvalue weighted by atomic mass is 35.5. The number of rotatable bonds is 2. The minimum atomic E-state index is -0.472. The monoisotopic (exact) mass is 203 g/mol. The molecule has 0 bridgehead atoms. The predicted molar refractivity (Wildman–Crippen MR) is 50.5 cm³/mol. The average molecular weight is 204 g/mol. The molecule has 1 aromatic carbocycles. The first-order valence-electron chi connectivity index (χ1n) is 3.94. The molecule has 0 spiro atoms. The molecule has 0 fully saturated rings. The fourth-order valence-electron chi connectivity index (χ4n) is 1.06. The van der Waals surface area contributed by atoms with Crippen LogP contribution >= 0.6 is 11.6 Å². The molecule has 0 aromatic heterocycles. The van der Waals surface area contributed by atoms with E-state index in [4.69, 9.17) is 22.4 Å². The van der Waals surface area contributed by atoms with Crippen LogP contribution in [0.4, 0.5) is 4.39 Å². The Labute approximate surface area is 81.1 Å². The van der Waals surface area contributed by atoms with Crippen molar-refractivity contribution in [3.63, 3.8) is 0 Å². The first-order chi connectivity index (χ1) is 6.06. The van der Waals surface area contributed by atoms with Crippen molar-refractivity contribution < 1.29 is 9.50 Å². The Bertz CT molecular complexity index is 317. The highest BCUT2D eigenvalue weighted by molar-refractivity contribution is 6.32. The van der Waals surface area contributed by atoms with Gasteiger partial charge in [0.2, 0.25) is 0 Å². The lowest BCUT2D eigenvalue weighted by Gasteiger charge is -2.10. The van der Waals surface area contributed by atoms with Crippen molar-refractivity contribution in [2.24, 2.45) is 5.73 Å². The molecule has 1 atom stereocenters. The number of phenolic OH excluding ortho intramolecular Hbond substituents is 1. The van der Waals surface area contributed by atoms with Gasteiger partial charge in [-0.25, -0.2) is 4.39 Å². The number of hydrogen-bond donors (Lipinski definition) is 2. The highest BCUT2D eigenvalue weighted by Gasteiger charge is 2.12. The summed E-state index contributed by atoms with van der Waals surface area (Å²) in [6, 6.07) is 2.41. The van der Waals surface area contributed by atoms with Gasteiger partial charge in [-0.2, -0.15) is 0 Å². The number of nitrogens with two attached hydrogens (primary N) is 1. The van der Waals surface area contributed by atoms with Gasteiger partial charge in [0.15, 0.2) is 0 Å². The molecule has 72 valence electrons. The van der Waals surface area contributed by atoms with Crippen molar-refractivity contribution >= 4 is 11.6 Å². The lowest BCUT2D eigenvalue weighted by atomic mass is 10.0. The second-order valence-electron chi connectivity index (χ2n) is 2.96. The largest absolute Gasteiger partial charge is 0.506 e. The van der Waals surface area contributed by atoms with Crippen molar-refractivity contribution in [3.05, 3.63) is 28.5 Å². The fraction of sp³-hybridized carbons (Fsp3) is 0.333. The summed E-state index contributed by atoms with van der Waals surface area (Å²) in [5.74, 6) is -0.815. The second kappa shape index (κ2) is 3.94. The van der Waals surface area contributed by atoms with E-state index in [2.05, 4.69) is 0 Å². The Hall–Kier alpha value is -0.800. The molecule has 13 heavy (non-hydrogen) atoms. The van der Waals surface area contributed by atoms with Crippen LogP contribution in [0.2, 0.25) is 5.02 Å². The minimum Gasteiger partial charge on any atom is -0.506 e. The van der Waals surface area contributed by atoms with E-state index in [9.17, 15) is 4.39 Å². The van der Waals surface area contributed by atoms with Crippen LogP contribution < -0.4 is 5.73 Å². The highest BCUT2D eigenvalue weighted by Crippen LogP contribution is 2.29. The van der Waals surface area contributed by atoms with E-state index in [-0.39, 0.29) is 16.7 Å². The molecule has 0 amide bonds. The molecule has 0 aliphatic carbocycles. The Balaban J connectivity index is 3.15. The Morgan fingerprint density at radius 1 is 1.62 bits per heavy atom. The van der Waals surface area contributed by atoms with Crippen molar-refractivity contribution in [3.8, 4) is 5.75 Å². The van der Waals surface area contributed by atoms with Crippen LogP contribution in [0.3, 0.4) is 0 Å². The summed E-state index contributed by atoms with van der Waals surface area (Å²) < 4.78 is 13.2. The summed E-state index contributed by atoms with van der Waals surface area (Å²) >= 11 is 5.63. The number of hydrogen-bond acceptors (Lipinski definition) is 2. The zero-order valence-electron chi connectivity index (χ0n) is 7.22. The van der Waals surface area contributed by atoms with Crippen LogP contribution in [0.15, 0.2) is 12.1 Å². The predicted octanol–water partition coefficient (Wildman–Crippen LogP) is 2.25. The standard InChI is InChI=1S/C9H11ClFNO/c1-5(4-12)6-2-7(10)9(13)3-8(6)11/h2-3,5,13H,4,12H2,1H3. The maximum atomic E-state index is 13.2. The van der Waals surface area contributed by atoms with Gasteiger partial charge in [0.05, 0.1) is 5.02 Å². The summed E-state index contributed by atoms with van der Waals surface area (Å²) in [7, 11) is 0. The van der Waals surface area contributed by atoms with Crippen LogP contribution in [-0.2, 0) is 0 Å². The molecule has 0 heterocycles. The van der Waals surface area contributed by atoms with Gasteiger partial charge in [0, 0.05) is 6.07 Å². The molecule has 1 unspecified atom stereocenters. The molecule has 0 aliphatic rings. The number of aromatic hydroxyl groups is 1. The quantitative estimate of drug-likeness (QED) is 0.775. The molecule has 1 rings (SSSR count). The zero-order chi connectivity index (χ0) is 10.0. The van der Waals surface area contributed by atoms with E-state index in [1.807, 2.05) is 0 Å². The Morgan fingerprint density at radius 2 is 2.23 bits per heavy atom. The van der Waals surface area contributed by atoms with Gasteiger partial charge in [-0.15, -0.1) is 0 Å². The van der Waals surface area contributed by atoms with Crippen molar-refractivity contribution in [1.82, 2.24) is 0 Å². The van der Waals surface area contributed by atoms with Gasteiger partial charge in [-0.1, -0.05) is 18.5 Å². The lowest BCUT2D eigenvalue weighted by Crippen LogP contribution is -2.10. The topological polar surface area (TPSA) is 46.2 Å². The third kappa shape index (κ3) is 2.11. The van der Waals surface area contributed by atoms with Crippen molar-refractivity contribution in [1.29, 1.82) is 0 Å². The van der Waals surface area contributed by atoms with E-state index in [1.165, 1.54) is 6.07 Å². The Kier molecular flexibility index (Phi) is 3.12. The molecule has 1 aromatic rings. The van der Waals surface area contributed by atoms with Gasteiger partial charge in [-0.3, -0.25) is 0 Å². The SMILES string of the molecule is CC(CN)c1cc(Cl)c(O)cc1F. The Morgan fingerprint density at radius 3 is 2.77 bits per heavy atom. The molecule has 2 nitrogen and oxygen atoms in total. The van der Waals surface area contributed by atoms with Gasteiger partial charge in [0.1, 0.15) is 11.6 Å². The van der Waals surface area contributed by atoms with Gasteiger partial charge >= 0.3 is 0 Å². The van der Waals surface area contributed by atoms with E-state index in [1.54, 1.807) is 6.92 Å². The first kappa shape index (κ1) is 10.3. The smallest absolute Gasteiger partial charge is 0.137 e. The second-order valence-corrected chi connectivity index (χ2v) is 3.37.